The van der Waals surface area contributed by atoms with Crippen LogP contribution < -0.4 is 0 Å². The molecule has 0 unspecified atom stereocenters. The molecule has 0 aliphatic carbocycles. The highest BCUT2D eigenvalue weighted by molar-refractivity contribution is 7.26. The molecular formula is C43H24N2O2S. The first-order valence-corrected chi connectivity index (χ1v) is 16.9. The molecule has 0 radical (unpaired) electrons. The van der Waals surface area contributed by atoms with Crippen LogP contribution in [0.25, 0.3) is 103 Å². The molecule has 0 saturated heterocycles. The van der Waals surface area contributed by atoms with E-state index in [1.165, 1.54) is 25.6 Å². The molecule has 0 aliphatic heterocycles. The zero-order valence-corrected chi connectivity index (χ0v) is 26.3. The highest BCUT2D eigenvalue weighted by Crippen LogP contribution is 2.47. The lowest BCUT2D eigenvalue weighted by molar-refractivity contribution is 0.615. The maximum Gasteiger partial charge on any atom is 0.231 e. The average molecular weight is 633 g/mol. The van der Waals surface area contributed by atoms with Gasteiger partial charge < -0.3 is 13.4 Å². The van der Waals surface area contributed by atoms with Crippen molar-refractivity contribution in [3.63, 3.8) is 0 Å². The molecular weight excluding hydrogens is 609 g/mol. The molecule has 11 aromatic rings. The Balaban J connectivity index is 1.23. The number of rotatable bonds is 3. The summed E-state index contributed by atoms with van der Waals surface area (Å²) in [6.07, 6.45) is 0. The molecule has 7 aromatic carbocycles. The summed E-state index contributed by atoms with van der Waals surface area (Å²) < 4.78 is 18.3. The van der Waals surface area contributed by atoms with Crippen molar-refractivity contribution in [3.05, 3.63) is 146 Å². The van der Waals surface area contributed by atoms with Gasteiger partial charge in [-0.3, -0.25) is 0 Å². The van der Waals surface area contributed by atoms with Crippen LogP contribution in [0, 0.1) is 0 Å². The third-order valence-electron chi connectivity index (χ3n) is 9.65. The van der Waals surface area contributed by atoms with Gasteiger partial charge in [-0.05, 0) is 48.0 Å². The number of nitrogens with zero attached hydrogens (tertiary/aromatic N) is 2. The van der Waals surface area contributed by atoms with Crippen molar-refractivity contribution >= 4 is 86.4 Å². The molecule has 224 valence electrons. The zero-order chi connectivity index (χ0) is 31.3. The Morgan fingerprint density at radius 1 is 0.521 bits per heavy atom. The smallest absolute Gasteiger partial charge is 0.231 e. The number of furan rings is 1. The van der Waals surface area contributed by atoms with Crippen molar-refractivity contribution in [1.82, 2.24) is 9.55 Å². The topological polar surface area (TPSA) is 44.1 Å². The molecule has 0 spiro atoms. The van der Waals surface area contributed by atoms with Crippen LogP contribution in [0.15, 0.2) is 154 Å². The van der Waals surface area contributed by atoms with E-state index in [0.717, 1.165) is 71.8 Å². The molecule has 48 heavy (non-hydrogen) atoms. The monoisotopic (exact) mass is 632 g/mol. The SMILES string of the molecule is c1ccc(-c2cc3oc(-c4ccc(-n5c6ccccc6c6ccccc65)c5c4oc4ccccc45)nc3c3c2sc2ccccc23)cc1. The summed E-state index contributed by atoms with van der Waals surface area (Å²) >= 11 is 1.81. The summed E-state index contributed by atoms with van der Waals surface area (Å²) in [5.74, 6) is 0.546. The number of para-hydroxylation sites is 3. The number of hydrogen-bond donors (Lipinski definition) is 0. The van der Waals surface area contributed by atoms with Gasteiger partial charge in [0.15, 0.2) is 5.58 Å². The van der Waals surface area contributed by atoms with Gasteiger partial charge >= 0.3 is 0 Å². The second-order valence-electron chi connectivity index (χ2n) is 12.3. The predicted molar refractivity (Wildman–Crippen MR) is 199 cm³/mol. The predicted octanol–water partition coefficient (Wildman–Crippen LogP) is 12.5. The molecule has 0 bridgehead atoms. The molecule has 0 saturated carbocycles. The Bertz CT molecular complexity index is 3010. The van der Waals surface area contributed by atoms with Crippen molar-refractivity contribution in [2.45, 2.75) is 0 Å². The maximum atomic E-state index is 6.74. The maximum absolute atomic E-state index is 6.74. The molecule has 4 aromatic heterocycles. The first-order valence-electron chi connectivity index (χ1n) is 16.1. The van der Waals surface area contributed by atoms with E-state index in [2.05, 4.69) is 138 Å². The molecule has 0 aliphatic rings. The van der Waals surface area contributed by atoms with Crippen LogP contribution >= 0.6 is 11.3 Å². The van der Waals surface area contributed by atoms with E-state index in [0.29, 0.717) is 5.89 Å². The van der Waals surface area contributed by atoms with Crippen LogP contribution in [-0.2, 0) is 0 Å². The van der Waals surface area contributed by atoms with Crippen LogP contribution in [-0.4, -0.2) is 9.55 Å². The van der Waals surface area contributed by atoms with Crippen LogP contribution in [0.5, 0.6) is 0 Å². The fourth-order valence-corrected chi connectivity index (χ4v) is 8.81. The number of hydrogen-bond acceptors (Lipinski definition) is 4. The van der Waals surface area contributed by atoms with Gasteiger partial charge in [-0.25, -0.2) is 4.98 Å². The average Bonchev–Trinajstić information content (AvgIpc) is 3.91. The number of aromatic nitrogens is 2. The lowest BCUT2D eigenvalue weighted by atomic mass is 10.0. The Labute approximate surface area is 277 Å². The molecule has 0 N–H and O–H groups in total. The summed E-state index contributed by atoms with van der Waals surface area (Å²) in [5, 5.41) is 6.85. The third kappa shape index (κ3) is 3.51. The minimum atomic E-state index is 0.546. The van der Waals surface area contributed by atoms with Gasteiger partial charge in [0.2, 0.25) is 5.89 Å². The molecule has 0 amide bonds. The highest BCUT2D eigenvalue weighted by atomic mass is 32.1. The van der Waals surface area contributed by atoms with Gasteiger partial charge in [0.25, 0.3) is 0 Å². The van der Waals surface area contributed by atoms with Crippen molar-refractivity contribution in [3.8, 4) is 28.3 Å². The van der Waals surface area contributed by atoms with E-state index in [1.807, 2.05) is 23.5 Å². The molecule has 4 heterocycles. The van der Waals surface area contributed by atoms with E-state index < -0.39 is 0 Å². The summed E-state index contributed by atoms with van der Waals surface area (Å²) in [4.78, 5) is 5.25. The van der Waals surface area contributed by atoms with Crippen LogP contribution in [0.2, 0.25) is 0 Å². The van der Waals surface area contributed by atoms with Gasteiger partial charge in [0.05, 0.1) is 27.7 Å². The number of fused-ring (bicyclic) bond motifs is 11. The molecule has 0 fully saturated rings. The largest absolute Gasteiger partial charge is 0.455 e. The quantitative estimate of drug-likeness (QED) is 0.195. The van der Waals surface area contributed by atoms with Crippen molar-refractivity contribution in [2.24, 2.45) is 0 Å². The Hall–Kier alpha value is -6.17. The van der Waals surface area contributed by atoms with Crippen molar-refractivity contribution < 1.29 is 8.83 Å². The third-order valence-corrected chi connectivity index (χ3v) is 10.9. The summed E-state index contributed by atoms with van der Waals surface area (Å²) in [7, 11) is 0. The Morgan fingerprint density at radius 2 is 1.19 bits per heavy atom. The number of oxazole rings is 1. The van der Waals surface area contributed by atoms with Crippen LogP contribution in [0.4, 0.5) is 0 Å². The van der Waals surface area contributed by atoms with Gasteiger partial charge in [0, 0.05) is 41.9 Å². The van der Waals surface area contributed by atoms with Crippen molar-refractivity contribution in [2.75, 3.05) is 0 Å². The lowest BCUT2D eigenvalue weighted by Crippen LogP contribution is -1.95. The zero-order valence-electron chi connectivity index (χ0n) is 25.5. The molecule has 5 heteroatoms. The van der Waals surface area contributed by atoms with Crippen molar-refractivity contribution in [1.29, 1.82) is 0 Å². The summed E-state index contributed by atoms with van der Waals surface area (Å²) in [5.41, 5.74) is 9.72. The Kier molecular flexibility index (Phi) is 5.23. The lowest BCUT2D eigenvalue weighted by Gasteiger charge is -2.11. The second kappa shape index (κ2) is 9.67. The number of benzene rings is 7. The van der Waals surface area contributed by atoms with E-state index in [1.54, 1.807) is 0 Å². The fraction of sp³-hybridized carbons (Fsp3) is 0. The van der Waals surface area contributed by atoms with E-state index in [9.17, 15) is 0 Å². The molecule has 0 atom stereocenters. The van der Waals surface area contributed by atoms with Gasteiger partial charge in [-0.1, -0.05) is 103 Å². The molecule has 4 nitrogen and oxygen atoms in total. The normalized spacial score (nSPS) is 12.2. The van der Waals surface area contributed by atoms with E-state index in [-0.39, 0.29) is 0 Å². The second-order valence-corrected chi connectivity index (χ2v) is 13.3. The minimum absolute atomic E-state index is 0.546. The van der Waals surface area contributed by atoms with Gasteiger partial charge in [-0.2, -0.15) is 0 Å². The van der Waals surface area contributed by atoms with E-state index in [4.69, 9.17) is 13.8 Å². The van der Waals surface area contributed by atoms with Crippen LogP contribution in [0.3, 0.4) is 0 Å². The van der Waals surface area contributed by atoms with Gasteiger partial charge in [0.1, 0.15) is 16.7 Å². The fourth-order valence-electron chi connectivity index (χ4n) is 7.57. The minimum Gasteiger partial charge on any atom is -0.455 e. The highest BCUT2D eigenvalue weighted by Gasteiger charge is 2.24. The number of thiophene rings is 1. The Morgan fingerprint density at radius 3 is 1.98 bits per heavy atom. The first kappa shape index (κ1) is 26.0. The molecule has 11 rings (SSSR count). The van der Waals surface area contributed by atoms with Gasteiger partial charge in [-0.15, -0.1) is 11.3 Å². The van der Waals surface area contributed by atoms with Crippen LogP contribution in [0.1, 0.15) is 0 Å². The standard InChI is InChI=1S/C43H24N2O2S/c1-2-12-25(13-3-1)31-24-36-40(39-29-17-7-11-21-37(29)48-42(31)39)44-43(47-36)30-22-23-34(38-28-16-6-10-20-35(28)46-41(30)38)45-32-18-8-4-14-26(32)27-15-5-9-19-33(27)45/h1-24H. The summed E-state index contributed by atoms with van der Waals surface area (Å²) in [6, 6.07) is 51.0. The van der Waals surface area contributed by atoms with E-state index >= 15 is 0 Å². The first-order chi connectivity index (χ1) is 23.8. The summed E-state index contributed by atoms with van der Waals surface area (Å²) in [6.45, 7) is 0.